The molecule has 2 heteroatoms. The first-order valence-corrected chi connectivity index (χ1v) is 5.10. The van der Waals surface area contributed by atoms with E-state index in [1.807, 2.05) is 0 Å². The maximum Gasteiger partial charge on any atom is 0.0192 e. The summed E-state index contributed by atoms with van der Waals surface area (Å²) in [6.07, 6.45) is 15.6. The fourth-order valence-corrected chi connectivity index (χ4v) is 1.31. The second-order valence-corrected chi connectivity index (χ2v) is 3.52. The van der Waals surface area contributed by atoms with E-state index in [0.29, 0.717) is 0 Å². The molecule has 4 N–H and O–H groups in total. The van der Waals surface area contributed by atoms with Crippen molar-refractivity contribution in [2.24, 2.45) is 11.5 Å². The zero-order valence-electron chi connectivity index (χ0n) is 8.71. The van der Waals surface area contributed by atoms with Crippen LogP contribution in [0.25, 0.3) is 0 Å². The molecule has 78 valence electrons. The van der Waals surface area contributed by atoms with Crippen LogP contribution in [0.3, 0.4) is 0 Å². The van der Waals surface area contributed by atoms with Gasteiger partial charge in [-0.3, -0.25) is 0 Å². The summed E-state index contributed by atoms with van der Waals surface area (Å²) < 4.78 is 0. The van der Waals surface area contributed by atoms with E-state index in [4.69, 9.17) is 24.3 Å². The molecular formula is C12H20N2. The molecule has 0 spiro atoms. The Bertz CT molecular complexity index is 185. The van der Waals surface area contributed by atoms with Gasteiger partial charge in [-0.15, -0.1) is 24.7 Å². The number of nitrogens with two attached hydrogens (primary N) is 2. The van der Waals surface area contributed by atoms with E-state index >= 15 is 0 Å². The Balaban J connectivity index is 3.51. The highest BCUT2D eigenvalue weighted by molar-refractivity contribution is 4.86. The van der Waals surface area contributed by atoms with Gasteiger partial charge in [0.2, 0.25) is 0 Å². The second kappa shape index (κ2) is 8.63. The van der Waals surface area contributed by atoms with Crippen molar-refractivity contribution in [1.29, 1.82) is 0 Å². The first kappa shape index (κ1) is 13.0. The average Bonchev–Trinajstić information content (AvgIpc) is 2.18. The monoisotopic (exact) mass is 192 g/mol. The lowest BCUT2D eigenvalue weighted by atomic mass is 9.99. The molecule has 0 rings (SSSR count). The van der Waals surface area contributed by atoms with E-state index in [0.717, 1.165) is 38.5 Å². The van der Waals surface area contributed by atoms with E-state index in [1.165, 1.54) is 0 Å². The fraction of sp³-hybridized carbons (Fsp3) is 0.667. The van der Waals surface area contributed by atoms with Crippen LogP contribution in [0.1, 0.15) is 38.5 Å². The van der Waals surface area contributed by atoms with E-state index in [1.54, 1.807) is 0 Å². The summed E-state index contributed by atoms with van der Waals surface area (Å²) in [6.45, 7) is 0. The van der Waals surface area contributed by atoms with Gasteiger partial charge in [-0.1, -0.05) is 0 Å². The van der Waals surface area contributed by atoms with Gasteiger partial charge in [0, 0.05) is 24.9 Å². The minimum atomic E-state index is 0.0566. The Labute approximate surface area is 87.4 Å². The van der Waals surface area contributed by atoms with Crippen molar-refractivity contribution in [2.45, 2.75) is 50.6 Å². The highest BCUT2D eigenvalue weighted by Crippen LogP contribution is 2.06. The van der Waals surface area contributed by atoms with Crippen LogP contribution in [-0.2, 0) is 0 Å². The molecular weight excluding hydrogens is 172 g/mol. The van der Waals surface area contributed by atoms with Gasteiger partial charge in [0.25, 0.3) is 0 Å². The third kappa shape index (κ3) is 6.54. The molecule has 2 nitrogen and oxygen atoms in total. The molecule has 0 aliphatic rings. The van der Waals surface area contributed by atoms with Crippen LogP contribution in [0.5, 0.6) is 0 Å². The summed E-state index contributed by atoms with van der Waals surface area (Å²) in [7, 11) is 0. The number of hydrogen-bond acceptors (Lipinski definition) is 2. The summed E-state index contributed by atoms with van der Waals surface area (Å²) in [5, 5.41) is 0. The molecule has 0 aromatic rings. The topological polar surface area (TPSA) is 52.0 Å². The molecule has 0 heterocycles. The second-order valence-electron chi connectivity index (χ2n) is 3.52. The average molecular weight is 192 g/mol. The Kier molecular flexibility index (Phi) is 8.04. The van der Waals surface area contributed by atoms with Crippen molar-refractivity contribution < 1.29 is 0 Å². The molecule has 0 aromatic carbocycles. The lowest BCUT2D eigenvalue weighted by Gasteiger charge is -2.18. The molecule has 0 bridgehead atoms. The highest BCUT2D eigenvalue weighted by Gasteiger charge is 2.11. The predicted molar refractivity (Wildman–Crippen MR) is 61.3 cm³/mol. The smallest absolute Gasteiger partial charge is 0.0192 e. The largest absolute Gasteiger partial charge is 0.326 e. The van der Waals surface area contributed by atoms with Gasteiger partial charge < -0.3 is 11.5 Å². The maximum atomic E-state index is 5.89. The van der Waals surface area contributed by atoms with Crippen molar-refractivity contribution in [1.82, 2.24) is 0 Å². The van der Waals surface area contributed by atoms with Crippen LogP contribution in [0, 0.1) is 24.7 Å². The lowest BCUT2D eigenvalue weighted by Crippen LogP contribution is -2.41. The van der Waals surface area contributed by atoms with Crippen LogP contribution >= 0.6 is 0 Å². The minimum Gasteiger partial charge on any atom is -0.326 e. The molecule has 0 radical (unpaired) electrons. The SMILES string of the molecule is C#CCCCC(N)C(N)CCCC#C. The van der Waals surface area contributed by atoms with Crippen molar-refractivity contribution in [2.75, 3.05) is 0 Å². The van der Waals surface area contributed by atoms with E-state index in [9.17, 15) is 0 Å². The predicted octanol–water partition coefficient (Wildman–Crippen LogP) is 1.25. The van der Waals surface area contributed by atoms with Crippen LogP contribution in [-0.4, -0.2) is 12.1 Å². The van der Waals surface area contributed by atoms with Crippen LogP contribution in [0.4, 0.5) is 0 Å². The molecule has 0 fully saturated rings. The Morgan fingerprint density at radius 2 is 1.21 bits per heavy atom. The highest BCUT2D eigenvalue weighted by atomic mass is 14.8. The summed E-state index contributed by atoms with van der Waals surface area (Å²) >= 11 is 0. The minimum absolute atomic E-state index is 0.0566. The van der Waals surface area contributed by atoms with Crippen molar-refractivity contribution in [3.63, 3.8) is 0 Å². The lowest BCUT2D eigenvalue weighted by molar-refractivity contribution is 0.453. The van der Waals surface area contributed by atoms with Crippen molar-refractivity contribution in [3.8, 4) is 24.7 Å². The summed E-state index contributed by atoms with van der Waals surface area (Å²) in [5.41, 5.74) is 11.8. The van der Waals surface area contributed by atoms with E-state index in [-0.39, 0.29) is 12.1 Å². The van der Waals surface area contributed by atoms with E-state index < -0.39 is 0 Å². The molecule has 2 unspecified atom stereocenters. The Hall–Kier alpha value is -0.960. The molecule has 0 aliphatic heterocycles. The molecule has 0 aromatic heterocycles. The Morgan fingerprint density at radius 1 is 0.857 bits per heavy atom. The van der Waals surface area contributed by atoms with Crippen LogP contribution in [0.15, 0.2) is 0 Å². The number of terminal acetylenes is 2. The quantitative estimate of drug-likeness (QED) is 0.471. The molecule has 0 aliphatic carbocycles. The number of hydrogen-bond donors (Lipinski definition) is 2. The number of rotatable bonds is 7. The van der Waals surface area contributed by atoms with Gasteiger partial charge in [-0.25, -0.2) is 0 Å². The molecule has 2 atom stereocenters. The Morgan fingerprint density at radius 3 is 1.50 bits per heavy atom. The number of unbranched alkanes of at least 4 members (excludes halogenated alkanes) is 2. The zero-order valence-corrected chi connectivity index (χ0v) is 8.71. The van der Waals surface area contributed by atoms with Gasteiger partial charge in [0.15, 0.2) is 0 Å². The summed E-state index contributed by atoms with van der Waals surface area (Å²) in [4.78, 5) is 0. The molecule has 14 heavy (non-hydrogen) atoms. The van der Waals surface area contributed by atoms with Crippen molar-refractivity contribution in [3.05, 3.63) is 0 Å². The summed E-state index contributed by atoms with van der Waals surface area (Å²) in [5.74, 6) is 5.18. The van der Waals surface area contributed by atoms with Gasteiger partial charge in [-0.05, 0) is 25.7 Å². The van der Waals surface area contributed by atoms with Gasteiger partial charge in [-0.2, -0.15) is 0 Å². The zero-order chi connectivity index (χ0) is 10.8. The molecule has 0 saturated heterocycles. The van der Waals surface area contributed by atoms with Gasteiger partial charge >= 0.3 is 0 Å². The standard InChI is InChI=1S/C12H20N2/c1-3-5-7-9-11(13)12(14)10-8-6-4-2/h1-2,11-12H,5-10,13-14H2. The van der Waals surface area contributed by atoms with E-state index in [2.05, 4.69) is 11.8 Å². The third-order valence-corrected chi connectivity index (χ3v) is 2.27. The van der Waals surface area contributed by atoms with Gasteiger partial charge in [0.1, 0.15) is 0 Å². The normalized spacial score (nSPS) is 14.0. The first-order valence-electron chi connectivity index (χ1n) is 5.10. The van der Waals surface area contributed by atoms with Crippen LogP contribution in [0.2, 0.25) is 0 Å². The van der Waals surface area contributed by atoms with Crippen LogP contribution < -0.4 is 11.5 Å². The van der Waals surface area contributed by atoms with Gasteiger partial charge in [0.05, 0.1) is 0 Å². The first-order chi connectivity index (χ1) is 6.72. The van der Waals surface area contributed by atoms with Crippen molar-refractivity contribution >= 4 is 0 Å². The fourth-order valence-electron chi connectivity index (χ4n) is 1.31. The molecule has 0 amide bonds. The summed E-state index contributed by atoms with van der Waals surface area (Å²) in [6, 6.07) is 0.113. The molecule has 0 saturated carbocycles. The third-order valence-electron chi connectivity index (χ3n) is 2.27. The maximum absolute atomic E-state index is 5.89.